The monoisotopic (exact) mass is 402 g/mol. The van der Waals surface area contributed by atoms with Crippen LogP contribution >= 0.6 is 11.6 Å². The second kappa shape index (κ2) is 7.59. The maximum Gasteiger partial charge on any atom is 0.318 e. The summed E-state index contributed by atoms with van der Waals surface area (Å²) in [7, 11) is 0. The Hall–Kier alpha value is -2.93. The lowest BCUT2D eigenvalue weighted by Gasteiger charge is -2.28. The van der Waals surface area contributed by atoms with Crippen LogP contribution in [0.15, 0.2) is 48.7 Å². The van der Waals surface area contributed by atoms with Crippen LogP contribution < -0.4 is 5.32 Å². The highest BCUT2D eigenvalue weighted by Crippen LogP contribution is 2.27. The van der Waals surface area contributed by atoms with E-state index in [0.29, 0.717) is 25.2 Å². The fourth-order valence-electron chi connectivity index (χ4n) is 3.23. The van der Waals surface area contributed by atoms with E-state index in [1.165, 1.54) is 24.3 Å². The second-order valence-corrected chi connectivity index (χ2v) is 6.97. The van der Waals surface area contributed by atoms with Gasteiger partial charge in [0.2, 0.25) is 0 Å². The highest BCUT2D eigenvalue weighted by Gasteiger charge is 2.24. The van der Waals surface area contributed by atoms with E-state index in [9.17, 15) is 13.6 Å². The van der Waals surface area contributed by atoms with Gasteiger partial charge in [-0.15, -0.1) is 0 Å². The van der Waals surface area contributed by atoms with Gasteiger partial charge in [-0.25, -0.2) is 13.6 Å². The minimum atomic E-state index is -0.491. The molecule has 0 unspecified atom stereocenters. The first-order valence-corrected chi connectivity index (χ1v) is 9.16. The largest absolute Gasteiger partial charge is 0.334 e. The summed E-state index contributed by atoms with van der Waals surface area (Å²) in [6.45, 7) is 1.74. The molecule has 2 aromatic carbocycles. The fourth-order valence-corrected chi connectivity index (χ4v) is 3.43. The number of rotatable bonds is 3. The van der Waals surface area contributed by atoms with E-state index in [4.69, 9.17) is 11.6 Å². The molecule has 0 spiro atoms. The van der Waals surface area contributed by atoms with Crippen molar-refractivity contribution in [2.75, 3.05) is 6.54 Å². The summed E-state index contributed by atoms with van der Waals surface area (Å²) in [5.41, 5.74) is 3.35. The lowest BCUT2D eigenvalue weighted by Crippen LogP contribution is -2.44. The molecule has 1 N–H and O–H groups in total. The van der Waals surface area contributed by atoms with Crippen LogP contribution in [0.3, 0.4) is 0 Å². The molecule has 4 rings (SSSR count). The van der Waals surface area contributed by atoms with E-state index >= 15 is 0 Å². The Bertz CT molecular complexity index is 1020. The first-order valence-electron chi connectivity index (χ1n) is 8.78. The molecule has 3 aromatic rings. The fraction of sp³-hybridized carbons (Fsp3) is 0.200. The Morgan fingerprint density at radius 3 is 2.68 bits per heavy atom. The molecular formula is C20H17ClF2N4O. The van der Waals surface area contributed by atoms with Crippen molar-refractivity contribution in [3.05, 3.63) is 76.6 Å². The van der Waals surface area contributed by atoms with Crippen molar-refractivity contribution < 1.29 is 13.6 Å². The summed E-state index contributed by atoms with van der Waals surface area (Å²) in [4.78, 5) is 14.3. The number of urea groups is 1. The number of amides is 2. The second-order valence-electron chi connectivity index (χ2n) is 6.56. The van der Waals surface area contributed by atoms with Gasteiger partial charge in [-0.3, -0.25) is 4.68 Å². The van der Waals surface area contributed by atoms with Crippen molar-refractivity contribution in [3.8, 4) is 11.1 Å². The lowest BCUT2D eigenvalue weighted by atomic mass is 10.1. The van der Waals surface area contributed by atoms with Gasteiger partial charge in [0.05, 0.1) is 30.0 Å². The van der Waals surface area contributed by atoms with Crippen LogP contribution in [0.5, 0.6) is 0 Å². The molecule has 144 valence electrons. The Morgan fingerprint density at radius 2 is 1.93 bits per heavy atom. The van der Waals surface area contributed by atoms with Crippen LogP contribution in [0.25, 0.3) is 11.1 Å². The topological polar surface area (TPSA) is 50.2 Å². The highest BCUT2D eigenvalue weighted by molar-refractivity contribution is 6.30. The average molecular weight is 403 g/mol. The molecule has 0 aliphatic carbocycles. The standard InChI is InChI=1S/C20H17ClF2N4O/c21-17-9-13(1-6-18(17)23)10-24-20(28)26-7-8-27-19(12-26)16(11-25-27)14-2-4-15(22)5-3-14/h1-6,9,11H,7-8,10,12H2,(H,24,28). The number of carbonyl (C=O) groups is 1. The zero-order valence-electron chi connectivity index (χ0n) is 14.8. The molecule has 0 fully saturated rings. The van der Waals surface area contributed by atoms with Crippen LogP contribution in [0.4, 0.5) is 13.6 Å². The zero-order valence-corrected chi connectivity index (χ0v) is 15.6. The summed E-state index contributed by atoms with van der Waals surface area (Å²) in [5, 5.41) is 7.23. The average Bonchev–Trinajstić information content (AvgIpc) is 3.12. The van der Waals surface area contributed by atoms with Crippen LogP contribution in [0.1, 0.15) is 11.3 Å². The third-order valence-corrected chi connectivity index (χ3v) is 5.03. The molecule has 1 aromatic heterocycles. The molecular weight excluding hydrogens is 386 g/mol. The Kier molecular flexibility index (Phi) is 5.00. The first-order chi connectivity index (χ1) is 13.5. The van der Waals surface area contributed by atoms with E-state index in [-0.39, 0.29) is 23.4 Å². The number of hydrogen-bond acceptors (Lipinski definition) is 2. The van der Waals surface area contributed by atoms with Crippen molar-refractivity contribution in [1.82, 2.24) is 20.0 Å². The van der Waals surface area contributed by atoms with Gasteiger partial charge in [0.25, 0.3) is 0 Å². The minimum absolute atomic E-state index is 0.0255. The Balaban J connectivity index is 1.45. The summed E-state index contributed by atoms with van der Waals surface area (Å²) in [6.07, 6.45) is 1.74. The summed E-state index contributed by atoms with van der Waals surface area (Å²) in [5.74, 6) is -0.791. The van der Waals surface area contributed by atoms with Crippen molar-refractivity contribution in [1.29, 1.82) is 0 Å². The van der Waals surface area contributed by atoms with E-state index in [1.54, 1.807) is 29.3 Å². The molecule has 0 saturated heterocycles. The first kappa shape index (κ1) is 18.4. The number of halogens is 3. The minimum Gasteiger partial charge on any atom is -0.334 e. The SMILES string of the molecule is O=C(NCc1ccc(F)c(Cl)c1)N1CCn2ncc(-c3ccc(F)cc3)c2C1. The van der Waals surface area contributed by atoms with Gasteiger partial charge in [0.1, 0.15) is 11.6 Å². The molecule has 0 saturated carbocycles. The molecule has 8 heteroatoms. The molecule has 5 nitrogen and oxygen atoms in total. The number of benzene rings is 2. The maximum atomic E-state index is 13.2. The molecule has 2 heterocycles. The summed E-state index contributed by atoms with van der Waals surface area (Å²) >= 11 is 5.78. The molecule has 1 aliphatic heterocycles. The van der Waals surface area contributed by atoms with Crippen LogP contribution in [-0.4, -0.2) is 27.3 Å². The quantitative estimate of drug-likeness (QED) is 0.713. The zero-order chi connectivity index (χ0) is 19.7. The molecule has 0 bridgehead atoms. The Morgan fingerprint density at radius 1 is 1.14 bits per heavy atom. The van der Waals surface area contributed by atoms with E-state index in [0.717, 1.165) is 16.8 Å². The molecule has 0 atom stereocenters. The number of hydrogen-bond donors (Lipinski definition) is 1. The maximum absolute atomic E-state index is 13.2. The van der Waals surface area contributed by atoms with Gasteiger partial charge >= 0.3 is 6.03 Å². The summed E-state index contributed by atoms with van der Waals surface area (Å²) < 4.78 is 28.3. The van der Waals surface area contributed by atoms with E-state index < -0.39 is 5.82 Å². The summed E-state index contributed by atoms with van der Waals surface area (Å²) in [6, 6.07) is 10.3. The van der Waals surface area contributed by atoms with Crippen molar-refractivity contribution in [2.45, 2.75) is 19.6 Å². The molecule has 28 heavy (non-hydrogen) atoms. The molecule has 1 aliphatic rings. The number of nitrogens with one attached hydrogen (secondary N) is 1. The van der Waals surface area contributed by atoms with Gasteiger partial charge < -0.3 is 10.2 Å². The van der Waals surface area contributed by atoms with Gasteiger partial charge in [-0.05, 0) is 35.4 Å². The molecule has 0 radical (unpaired) electrons. The number of fused-ring (bicyclic) bond motifs is 1. The smallest absolute Gasteiger partial charge is 0.318 e. The third-order valence-electron chi connectivity index (χ3n) is 4.74. The van der Waals surface area contributed by atoms with Gasteiger partial charge in [-0.1, -0.05) is 29.8 Å². The van der Waals surface area contributed by atoms with Crippen LogP contribution in [-0.2, 0) is 19.6 Å². The highest BCUT2D eigenvalue weighted by atomic mass is 35.5. The van der Waals surface area contributed by atoms with Gasteiger partial charge in [0, 0.05) is 18.7 Å². The van der Waals surface area contributed by atoms with E-state index in [2.05, 4.69) is 10.4 Å². The van der Waals surface area contributed by atoms with E-state index in [1.807, 2.05) is 4.68 Å². The van der Waals surface area contributed by atoms with Crippen molar-refractivity contribution >= 4 is 17.6 Å². The number of carbonyl (C=O) groups excluding carboxylic acids is 1. The number of aromatic nitrogens is 2. The van der Waals surface area contributed by atoms with Gasteiger partial charge in [-0.2, -0.15) is 5.10 Å². The van der Waals surface area contributed by atoms with Crippen molar-refractivity contribution in [2.24, 2.45) is 0 Å². The lowest BCUT2D eigenvalue weighted by molar-refractivity contribution is 0.181. The predicted octanol–water partition coefficient (Wildman–Crippen LogP) is 4.21. The molecule has 2 amide bonds. The third kappa shape index (κ3) is 3.71. The number of nitrogens with zero attached hydrogens (tertiary/aromatic N) is 3. The van der Waals surface area contributed by atoms with Crippen LogP contribution in [0.2, 0.25) is 5.02 Å². The van der Waals surface area contributed by atoms with Gasteiger partial charge in [0.15, 0.2) is 0 Å². The normalized spacial score (nSPS) is 13.3. The van der Waals surface area contributed by atoms with Crippen molar-refractivity contribution in [3.63, 3.8) is 0 Å². The predicted molar refractivity (Wildman–Crippen MR) is 102 cm³/mol. The van der Waals surface area contributed by atoms with Crippen LogP contribution in [0, 0.1) is 11.6 Å². The Labute approximate surface area is 165 Å².